The molecule has 7 nitrogen and oxygen atoms in total. The number of β-amino-alcohol motifs (C(OH)–C–C–N with tert-alkyl or cyclic N) is 1. The normalized spacial score (nSPS) is 35.0. The highest BCUT2D eigenvalue weighted by Crippen LogP contribution is 2.64. The highest BCUT2D eigenvalue weighted by atomic mass is 19.4. The number of aliphatic hydroxyl groups excluding tert-OH is 1. The first-order chi connectivity index (χ1) is 12.5. The summed E-state index contributed by atoms with van der Waals surface area (Å²) < 4.78 is 40.0. The van der Waals surface area contributed by atoms with Crippen LogP contribution in [0.5, 0.6) is 0 Å². The van der Waals surface area contributed by atoms with Gasteiger partial charge in [0.15, 0.2) is 5.69 Å². The molecule has 5 atom stereocenters. The molecular formula is C17H21F3N4O3. The Morgan fingerprint density at radius 1 is 1.37 bits per heavy atom. The fraction of sp³-hybridized carbons (Fsp3) is 0.706. The summed E-state index contributed by atoms with van der Waals surface area (Å²) in [5.74, 6) is -0.490. The molecule has 1 aromatic rings. The minimum absolute atomic E-state index is 0.0366. The first-order valence-corrected chi connectivity index (χ1v) is 8.88. The van der Waals surface area contributed by atoms with Crippen LogP contribution in [0, 0.1) is 17.3 Å². The van der Waals surface area contributed by atoms with E-state index in [1.807, 2.05) is 6.92 Å². The van der Waals surface area contributed by atoms with E-state index in [2.05, 4.69) is 9.97 Å². The largest absolute Gasteiger partial charge is 0.481 e. The number of hydrogen-bond donors (Lipinski definition) is 2. The predicted octanol–water partition coefficient (Wildman–Crippen LogP) is 1.61. The monoisotopic (exact) mass is 386 g/mol. The third-order valence-corrected chi connectivity index (χ3v) is 6.42. The van der Waals surface area contributed by atoms with E-state index in [-0.39, 0.29) is 48.0 Å². The Morgan fingerprint density at radius 2 is 2.07 bits per heavy atom. The van der Waals surface area contributed by atoms with Crippen molar-refractivity contribution < 1.29 is 28.2 Å². The van der Waals surface area contributed by atoms with E-state index in [0.717, 1.165) is 6.07 Å². The summed E-state index contributed by atoms with van der Waals surface area (Å²) in [6.45, 7) is 4.84. The second kappa shape index (κ2) is 5.70. The quantitative estimate of drug-likeness (QED) is 0.813. The van der Waals surface area contributed by atoms with Crippen LogP contribution in [0.2, 0.25) is 0 Å². The maximum absolute atomic E-state index is 13.3. The van der Waals surface area contributed by atoms with Crippen molar-refractivity contribution in [1.82, 2.24) is 9.97 Å². The molecule has 1 saturated carbocycles. The molecule has 2 aliphatic heterocycles. The highest BCUT2D eigenvalue weighted by molar-refractivity contribution is 5.68. The van der Waals surface area contributed by atoms with Crippen molar-refractivity contribution in [2.75, 3.05) is 29.4 Å². The number of alkyl halides is 3. The van der Waals surface area contributed by atoms with Gasteiger partial charge in [-0.05, 0) is 24.2 Å². The fourth-order valence-electron chi connectivity index (χ4n) is 4.50. The number of aliphatic hydroxyl groups is 1. The zero-order valence-electron chi connectivity index (χ0n) is 14.9. The molecule has 0 spiro atoms. The molecular weight excluding hydrogens is 365 g/mol. The van der Waals surface area contributed by atoms with Crippen LogP contribution in [0.4, 0.5) is 24.9 Å². The third kappa shape index (κ3) is 2.90. The van der Waals surface area contributed by atoms with Crippen molar-refractivity contribution in [3.63, 3.8) is 0 Å². The number of hydrogen-bond acceptors (Lipinski definition) is 6. The van der Waals surface area contributed by atoms with Crippen molar-refractivity contribution >= 4 is 17.7 Å². The molecule has 3 heterocycles. The number of aliphatic carboxylic acids is 1. The summed E-state index contributed by atoms with van der Waals surface area (Å²) in [6, 6.07) is 0.607. The Bertz CT molecular complexity index is 789. The molecule has 27 heavy (non-hydrogen) atoms. The smallest absolute Gasteiger partial charge is 0.433 e. The van der Waals surface area contributed by atoms with Crippen molar-refractivity contribution in [3.05, 3.63) is 11.8 Å². The maximum Gasteiger partial charge on any atom is 0.433 e. The number of halogens is 3. The summed E-state index contributed by atoms with van der Waals surface area (Å²) in [5.41, 5.74) is -1.22. The van der Waals surface area contributed by atoms with Gasteiger partial charge in [-0.1, -0.05) is 6.92 Å². The first-order valence-electron chi connectivity index (χ1n) is 8.88. The minimum atomic E-state index is -4.60. The Labute approximate surface area is 153 Å². The van der Waals surface area contributed by atoms with Crippen LogP contribution in [0.15, 0.2) is 6.07 Å². The SMILES string of the molecule is C[C@H]1[C@H](O)CN1c1nc(N2CC3C(CC(=O)O)C3(C)C2)cc(C(F)(F)F)n1. The number of fused-ring (bicyclic) bond motifs is 1. The molecule has 2 N–H and O–H groups in total. The van der Waals surface area contributed by atoms with Gasteiger partial charge in [0, 0.05) is 32.1 Å². The van der Waals surface area contributed by atoms with Crippen LogP contribution >= 0.6 is 0 Å². The molecule has 0 aromatic carbocycles. The molecule has 0 radical (unpaired) electrons. The van der Waals surface area contributed by atoms with Gasteiger partial charge in [-0.3, -0.25) is 4.79 Å². The molecule has 148 valence electrons. The average molecular weight is 386 g/mol. The van der Waals surface area contributed by atoms with Crippen molar-refractivity contribution in [1.29, 1.82) is 0 Å². The Balaban J connectivity index is 1.59. The third-order valence-electron chi connectivity index (χ3n) is 6.42. The van der Waals surface area contributed by atoms with Crippen LogP contribution in [-0.2, 0) is 11.0 Å². The molecule has 0 amide bonds. The van der Waals surface area contributed by atoms with Crippen LogP contribution in [0.3, 0.4) is 0 Å². The Hall–Kier alpha value is -2.10. The second-order valence-corrected chi connectivity index (χ2v) is 8.07. The number of piperidine rings is 1. The molecule has 4 rings (SSSR count). The van der Waals surface area contributed by atoms with Crippen molar-refractivity contribution in [2.24, 2.45) is 17.3 Å². The van der Waals surface area contributed by atoms with E-state index in [4.69, 9.17) is 5.11 Å². The zero-order valence-corrected chi connectivity index (χ0v) is 14.9. The lowest BCUT2D eigenvalue weighted by atomic mass is 10.0. The number of rotatable bonds is 4. The van der Waals surface area contributed by atoms with Gasteiger partial charge in [0.2, 0.25) is 5.95 Å². The van der Waals surface area contributed by atoms with Crippen LogP contribution < -0.4 is 9.80 Å². The number of carbonyl (C=O) groups is 1. The molecule has 1 aromatic heterocycles. The molecule has 10 heteroatoms. The number of carboxylic acids is 1. The highest BCUT2D eigenvalue weighted by Gasteiger charge is 2.66. The van der Waals surface area contributed by atoms with E-state index in [1.165, 1.54) is 0 Å². The van der Waals surface area contributed by atoms with Gasteiger partial charge in [0.1, 0.15) is 5.82 Å². The maximum atomic E-state index is 13.3. The van der Waals surface area contributed by atoms with Gasteiger partial charge < -0.3 is 20.0 Å². The Morgan fingerprint density at radius 3 is 2.56 bits per heavy atom. The van der Waals surface area contributed by atoms with E-state index in [0.29, 0.717) is 13.1 Å². The second-order valence-electron chi connectivity index (χ2n) is 8.07. The van der Waals surface area contributed by atoms with E-state index < -0.39 is 23.9 Å². The number of aromatic nitrogens is 2. The van der Waals surface area contributed by atoms with E-state index in [1.54, 1.807) is 16.7 Å². The first kappa shape index (κ1) is 18.3. The van der Waals surface area contributed by atoms with Gasteiger partial charge >= 0.3 is 12.1 Å². The topological polar surface area (TPSA) is 89.8 Å². The molecule has 0 bridgehead atoms. The fourth-order valence-corrected chi connectivity index (χ4v) is 4.50. The van der Waals surface area contributed by atoms with Gasteiger partial charge in [-0.25, -0.2) is 4.98 Å². The van der Waals surface area contributed by atoms with E-state index in [9.17, 15) is 23.1 Å². The summed E-state index contributed by atoms with van der Waals surface area (Å²) in [6.07, 6.45) is -5.12. The van der Waals surface area contributed by atoms with Gasteiger partial charge in [-0.2, -0.15) is 18.2 Å². The lowest BCUT2D eigenvalue weighted by molar-refractivity contribution is -0.141. The summed E-state index contributed by atoms with van der Waals surface area (Å²) >= 11 is 0. The van der Waals surface area contributed by atoms with Gasteiger partial charge in [0.25, 0.3) is 0 Å². The summed E-state index contributed by atoms with van der Waals surface area (Å²) in [4.78, 5) is 22.3. The van der Waals surface area contributed by atoms with Gasteiger partial charge in [0.05, 0.1) is 12.1 Å². The van der Waals surface area contributed by atoms with Crippen molar-refractivity contribution in [3.8, 4) is 0 Å². The predicted molar refractivity (Wildman–Crippen MR) is 89.4 cm³/mol. The van der Waals surface area contributed by atoms with Crippen molar-refractivity contribution in [2.45, 2.75) is 38.6 Å². The summed E-state index contributed by atoms with van der Waals surface area (Å²) in [7, 11) is 0. The lowest BCUT2D eigenvalue weighted by Crippen LogP contribution is -2.59. The molecule has 3 aliphatic rings. The summed E-state index contributed by atoms with van der Waals surface area (Å²) in [5, 5.41) is 18.7. The zero-order chi connectivity index (χ0) is 19.7. The van der Waals surface area contributed by atoms with E-state index >= 15 is 0 Å². The van der Waals surface area contributed by atoms with Crippen LogP contribution in [0.1, 0.15) is 26.0 Å². The standard InChI is InChI=1S/C17H21F3N4O3/c1-8-11(25)6-24(8)15-21-12(17(18,19)20)4-13(22-15)23-5-10-9(3-14(26)27)16(10,2)7-23/h4,8-11,25H,3,5-7H2,1-2H3,(H,26,27)/t8-,9?,10?,11+,16?/m0/s1. The number of carboxylic acid groups (broad SMARTS) is 1. The molecule has 2 saturated heterocycles. The van der Waals surface area contributed by atoms with Crippen LogP contribution in [-0.4, -0.2) is 57.9 Å². The molecule has 3 fully saturated rings. The minimum Gasteiger partial charge on any atom is -0.481 e. The van der Waals surface area contributed by atoms with Gasteiger partial charge in [-0.15, -0.1) is 0 Å². The average Bonchev–Trinajstić information content (AvgIpc) is 2.94. The lowest BCUT2D eigenvalue weighted by Gasteiger charge is -2.43. The Kier molecular flexibility index (Phi) is 3.86. The molecule has 1 aliphatic carbocycles. The number of anilines is 2. The van der Waals surface area contributed by atoms with Crippen LogP contribution in [0.25, 0.3) is 0 Å². The number of nitrogens with zero attached hydrogens (tertiary/aromatic N) is 4. The molecule has 3 unspecified atom stereocenters.